The van der Waals surface area contributed by atoms with Crippen LogP contribution in [-0.4, -0.2) is 6.21 Å². The lowest BCUT2D eigenvalue weighted by Gasteiger charge is -2.13. The van der Waals surface area contributed by atoms with E-state index in [0.29, 0.717) is 0 Å². The highest BCUT2D eigenvalue weighted by Gasteiger charge is 2.06. The lowest BCUT2D eigenvalue weighted by atomic mass is 9.98. The standard InChI is InChI=1S/C10H17N/c1-3-8-11-10-7-5-4-6-9(10)2/h8H,3-7H2,1-2H3. The van der Waals surface area contributed by atoms with Gasteiger partial charge in [0, 0.05) is 11.9 Å². The van der Waals surface area contributed by atoms with Gasteiger partial charge in [0.15, 0.2) is 0 Å². The molecule has 0 radical (unpaired) electrons. The van der Waals surface area contributed by atoms with E-state index >= 15 is 0 Å². The van der Waals surface area contributed by atoms with Crippen LogP contribution in [0, 0.1) is 0 Å². The van der Waals surface area contributed by atoms with E-state index in [1.165, 1.54) is 37.0 Å². The molecular weight excluding hydrogens is 134 g/mol. The first-order valence-corrected chi connectivity index (χ1v) is 4.55. The van der Waals surface area contributed by atoms with E-state index < -0.39 is 0 Å². The largest absolute Gasteiger partial charge is 0.266 e. The van der Waals surface area contributed by atoms with E-state index in [1.807, 2.05) is 6.21 Å². The van der Waals surface area contributed by atoms with Gasteiger partial charge in [-0.1, -0.05) is 12.5 Å². The summed E-state index contributed by atoms with van der Waals surface area (Å²) in [5, 5.41) is 0. The molecule has 0 aliphatic heterocycles. The van der Waals surface area contributed by atoms with Crippen molar-refractivity contribution in [2.45, 2.75) is 46.0 Å². The fourth-order valence-electron chi connectivity index (χ4n) is 1.42. The topological polar surface area (TPSA) is 12.4 Å². The van der Waals surface area contributed by atoms with Gasteiger partial charge >= 0.3 is 0 Å². The Labute approximate surface area is 69.2 Å². The Morgan fingerprint density at radius 2 is 2.09 bits per heavy atom. The molecule has 0 aromatic rings. The van der Waals surface area contributed by atoms with Crippen LogP contribution in [0.5, 0.6) is 0 Å². The minimum absolute atomic E-state index is 1.05. The number of aliphatic imine (C=N–C) groups is 1. The van der Waals surface area contributed by atoms with E-state index in [1.54, 1.807) is 0 Å². The molecule has 1 aliphatic carbocycles. The van der Waals surface area contributed by atoms with Gasteiger partial charge in [0.1, 0.15) is 0 Å². The first-order valence-electron chi connectivity index (χ1n) is 4.55. The summed E-state index contributed by atoms with van der Waals surface area (Å²) in [5.74, 6) is 0. The van der Waals surface area contributed by atoms with Crippen molar-refractivity contribution < 1.29 is 0 Å². The van der Waals surface area contributed by atoms with E-state index in [9.17, 15) is 0 Å². The van der Waals surface area contributed by atoms with Crippen LogP contribution >= 0.6 is 0 Å². The second-order valence-electron chi connectivity index (χ2n) is 3.15. The molecule has 11 heavy (non-hydrogen) atoms. The second kappa shape index (κ2) is 4.32. The van der Waals surface area contributed by atoms with E-state index in [2.05, 4.69) is 18.8 Å². The summed E-state index contributed by atoms with van der Waals surface area (Å²) >= 11 is 0. The Hall–Kier alpha value is -0.590. The third-order valence-corrected chi connectivity index (χ3v) is 2.14. The molecule has 0 bridgehead atoms. The zero-order valence-electron chi connectivity index (χ0n) is 7.56. The van der Waals surface area contributed by atoms with Crippen LogP contribution < -0.4 is 0 Å². The highest BCUT2D eigenvalue weighted by Crippen LogP contribution is 2.24. The molecule has 0 aromatic carbocycles. The van der Waals surface area contributed by atoms with Crippen LogP contribution in [0.25, 0.3) is 0 Å². The van der Waals surface area contributed by atoms with Crippen molar-refractivity contribution in [1.29, 1.82) is 0 Å². The summed E-state index contributed by atoms with van der Waals surface area (Å²) in [6.45, 7) is 4.34. The maximum absolute atomic E-state index is 4.44. The average Bonchev–Trinajstić information content (AvgIpc) is 2.03. The summed E-state index contributed by atoms with van der Waals surface area (Å²) in [6.07, 6.45) is 8.21. The van der Waals surface area contributed by atoms with Gasteiger partial charge in [-0.15, -0.1) is 0 Å². The molecule has 0 saturated heterocycles. The Bertz CT molecular complexity index is 177. The highest BCUT2D eigenvalue weighted by molar-refractivity contribution is 5.58. The smallest absolute Gasteiger partial charge is 0.0388 e. The summed E-state index contributed by atoms with van der Waals surface area (Å²) in [4.78, 5) is 4.44. The monoisotopic (exact) mass is 151 g/mol. The van der Waals surface area contributed by atoms with Crippen molar-refractivity contribution in [1.82, 2.24) is 0 Å². The lowest BCUT2D eigenvalue weighted by Crippen LogP contribution is -1.95. The number of hydrogen-bond donors (Lipinski definition) is 0. The maximum atomic E-state index is 4.44. The summed E-state index contributed by atoms with van der Waals surface area (Å²) < 4.78 is 0. The van der Waals surface area contributed by atoms with Crippen molar-refractivity contribution in [2.75, 3.05) is 0 Å². The Morgan fingerprint density at radius 1 is 1.36 bits per heavy atom. The lowest BCUT2D eigenvalue weighted by molar-refractivity contribution is 0.667. The number of allylic oxidation sites excluding steroid dienone is 2. The predicted molar refractivity (Wildman–Crippen MR) is 50.0 cm³/mol. The first kappa shape index (κ1) is 8.51. The highest BCUT2D eigenvalue weighted by atomic mass is 14.7. The van der Waals surface area contributed by atoms with E-state index in [0.717, 1.165) is 6.42 Å². The molecule has 0 spiro atoms. The Morgan fingerprint density at radius 3 is 2.73 bits per heavy atom. The summed E-state index contributed by atoms with van der Waals surface area (Å²) in [6, 6.07) is 0. The molecule has 0 unspecified atom stereocenters. The minimum atomic E-state index is 1.05. The third-order valence-electron chi connectivity index (χ3n) is 2.14. The van der Waals surface area contributed by atoms with Gasteiger partial charge in [0.05, 0.1) is 0 Å². The zero-order chi connectivity index (χ0) is 8.10. The minimum Gasteiger partial charge on any atom is -0.266 e. The number of rotatable bonds is 2. The molecule has 0 saturated carbocycles. The van der Waals surface area contributed by atoms with Crippen molar-refractivity contribution in [2.24, 2.45) is 4.99 Å². The molecule has 1 heteroatoms. The van der Waals surface area contributed by atoms with Crippen LogP contribution in [0.4, 0.5) is 0 Å². The molecule has 1 aliphatic rings. The van der Waals surface area contributed by atoms with E-state index in [-0.39, 0.29) is 0 Å². The molecule has 1 nitrogen and oxygen atoms in total. The summed E-state index contributed by atoms with van der Waals surface area (Å²) in [7, 11) is 0. The van der Waals surface area contributed by atoms with Crippen molar-refractivity contribution in [3.05, 3.63) is 11.3 Å². The van der Waals surface area contributed by atoms with Gasteiger partial charge in [-0.3, -0.25) is 4.99 Å². The van der Waals surface area contributed by atoms with Crippen molar-refractivity contribution in [3.8, 4) is 0 Å². The molecule has 0 atom stereocenters. The quantitative estimate of drug-likeness (QED) is 0.537. The van der Waals surface area contributed by atoms with Crippen molar-refractivity contribution >= 4 is 6.21 Å². The van der Waals surface area contributed by atoms with Gasteiger partial charge in [-0.05, 0) is 39.0 Å². The molecule has 0 fully saturated rings. The van der Waals surface area contributed by atoms with Gasteiger partial charge in [0.2, 0.25) is 0 Å². The van der Waals surface area contributed by atoms with E-state index in [4.69, 9.17) is 0 Å². The second-order valence-corrected chi connectivity index (χ2v) is 3.15. The Balaban J connectivity index is 2.59. The third kappa shape index (κ3) is 2.49. The maximum Gasteiger partial charge on any atom is 0.0388 e. The fraction of sp³-hybridized carbons (Fsp3) is 0.700. The molecule has 0 amide bonds. The normalized spacial score (nSPS) is 19.8. The van der Waals surface area contributed by atoms with Gasteiger partial charge in [0.25, 0.3) is 0 Å². The Kier molecular flexibility index (Phi) is 3.34. The molecule has 0 aromatic heterocycles. The van der Waals surface area contributed by atoms with Crippen LogP contribution in [-0.2, 0) is 0 Å². The molecule has 62 valence electrons. The molecular formula is C10H17N. The fourth-order valence-corrected chi connectivity index (χ4v) is 1.42. The summed E-state index contributed by atoms with van der Waals surface area (Å²) in [5.41, 5.74) is 2.85. The van der Waals surface area contributed by atoms with Crippen molar-refractivity contribution in [3.63, 3.8) is 0 Å². The number of nitrogens with zero attached hydrogens (tertiary/aromatic N) is 1. The van der Waals surface area contributed by atoms with Crippen LogP contribution in [0.1, 0.15) is 46.0 Å². The first-order chi connectivity index (χ1) is 5.34. The van der Waals surface area contributed by atoms with Gasteiger partial charge < -0.3 is 0 Å². The average molecular weight is 151 g/mol. The van der Waals surface area contributed by atoms with Crippen LogP contribution in [0.2, 0.25) is 0 Å². The SMILES string of the molecule is CCC=NC1=C(C)CCCC1. The van der Waals surface area contributed by atoms with Gasteiger partial charge in [-0.25, -0.2) is 0 Å². The number of hydrogen-bond acceptors (Lipinski definition) is 1. The van der Waals surface area contributed by atoms with Crippen LogP contribution in [0.15, 0.2) is 16.3 Å². The molecule has 0 N–H and O–H groups in total. The van der Waals surface area contributed by atoms with Crippen LogP contribution in [0.3, 0.4) is 0 Å². The predicted octanol–water partition coefficient (Wildman–Crippen LogP) is 3.32. The molecule has 0 heterocycles. The zero-order valence-corrected chi connectivity index (χ0v) is 7.56. The molecule has 1 rings (SSSR count). The van der Waals surface area contributed by atoms with Gasteiger partial charge in [-0.2, -0.15) is 0 Å².